The molecule has 8 nitrogen and oxygen atoms in total. The number of carbonyl (C=O) groups excluding carboxylic acids is 1. The topological polar surface area (TPSA) is 97.8 Å². The molecule has 0 bridgehead atoms. The Morgan fingerprint density at radius 1 is 1.34 bits per heavy atom. The molecule has 1 atom stereocenters. The molecular formula is C20H26N6O2S. The van der Waals surface area contributed by atoms with E-state index < -0.39 is 0 Å². The first-order chi connectivity index (χ1) is 14.0. The zero-order valence-electron chi connectivity index (χ0n) is 17.1. The van der Waals surface area contributed by atoms with Gasteiger partial charge in [0.2, 0.25) is 5.91 Å². The standard InChI is InChI=1S/C20H26N6O2S/c1-12-13(2)26(10-15-5-4-8-28-15)19(16(12)9-21)22-17(27)11-29-20-24-23-18(25(20)3)14-6-7-14/h14-15H,4-8,10-11H2,1-3H3,(H,22,27)/t15-/m1/s1. The van der Waals surface area contributed by atoms with Gasteiger partial charge in [0.15, 0.2) is 5.16 Å². The number of carbonyl (C=O) groups is 1. The van der Waals surface area contributed by atoms with Crippen molar-refractivity contribution in [1.29, 1.82) is 5.26 Å². The van der Waals surface area contributed by atoms with Crippen LogP contribution in [0.5, 0.6) is 0 Å². The maximum absolute atomic E-state index is 12.7. The Morgan fingerprint density at radius 3 is 2.79 bits per heavy atom. The molecule has 2 aliphatic rings. The highest BCUT2D eigenvalue weighted by Crippen LogP contribution is 2.39. The van der Waals surface area contributed by atoms with Gasteiger partial charge in [-0.15, -0.1) is 10.2 Å². The molecule has 154 valence electrons. The van der Waals surface area contributed by atoms with E-state index in [1.165, 1.54) is 11.8 Å². The highest BCUT2D eigenvalue weighted by atomic mass is 32.2. The largest absolute Gasteiger partial charge is 0.376 e. The molecule has 1 N–H and O–H groups in total. The van der Waals surface area contributed by atoms with E-state index in [1.54, 1.807) is 0 Å². The van der Waals surface area contributed by atoms with Gasteiger partial charge in [0.05, 0.1) is 24.0 Å². The van der Waals surface area contributed by atoms with E-state index in [2.05, 4.69) is 21.6 Å². The van der Waals surface area contributed by atoms with Crippen LogP contribution >= 0.6 is 11.8 Å². The van der Waals surface area contributed by atoms with Crippen molar-refractivity contribution in [3.05, 3.63) is 22.6 Å². The van der Waals surface area contributed by atoms with Crippen LogP contribution < -0.4 is 5.32 Å². The van der Waals surface area contributed by atoms with Crippen LogP contribution in [0.2, 0.25) is 0 Å². The minimum Gasteiger partial charge on any atom is -0.376 e. The number of rotatable bonds is 7. The average molecular weight is 415 g/mol. The molecule has 4 rings (SSSR count). The van der Waals surface area contributed by atoms with E-state index in [9.17, 15) is 10.1 Å². The zero-order valence-corrected chi connectivity index (χ0v) is 17.9. The van der Waals surface area contributed by atoms with Gasteiger partial charge in [-0.2, -0.15) is 5.26 Å². The Bertz CT molecular complexity index is 963. The first-order valence-electron chi connectivity index (χ1n) is 10.0. The van der Waals surface area contributed by atoms with Crippen LogP contribution in [0.15, 0.2) is 5.16 Å². The number of nitrogens with zero attached hydrogens (tertiary/aromatic N) is 5. The van der Waals surface area contributed by atoms with Gasteiger partial charge in [-0.05, 0) is 45.1 Å². The van der Waals surface area contributed by atoms with Crippen LogP contribution in [0.25, 0.3) is 0 Å². The Kier molecular flexibility index (Phi) is 5.65. The molecule has 0 aromatic carbocycles. The number of nitriles is 1. The van der Waals surface area contributed by atoms with Crippen LogP contribution in [0, 0.1) is 25.2 Å². The normalized spacial score (nSPS) is 18.8. The van der Waals surface area contributed by atoms with Gasteiger partial charge in [-0.3, -0.25) is 4.79 Å². The molecule has 1 aliphatic carbocycles. The maximum atomic E-state index is 12.7. The first kappa shape index (κ1) is 20.0. The van der Waals surface area contributed by atoms with Gasteiger partial charge >= 0.3 is 0 Å². The third kappa shape index (κ3) is 4.05. The third-order valence-corrected chi connectivity index (χ3v) is 6.77. The van der Waals surface area contributed by atoms with Gasteiger partial charge in [-0.25, -0.2) is 0 Å². The second-order valence-electron chi connectivity index (χ2n) is 7.80. The minimum atomic E-state index is -0.159. The molecule has 1 saturated carbocycles. The fraction of sp³-hybridized carbons (Fsp3) is 0.600. The number of thioether (sulfide) groups is 1. The fourth-order valence-electron chi connectivity index (χ4n) is 3.80. The van der Waals surface area contributed by atoms with Crippen LogP contribution in [0.4, 0.5) is 5.82 Å². The molecule has 0 unspecified atom stereocenters. The molecule has 1 amide bonds. The zero-order chi connectivity index (χ0) is 20.5. The molecule has 0 spiro atoms. The smallest absolute Gasteiger partial charge is 0.235 e. The number of anilines is 1. The van der Waals surface area contributed by atoms with Crippen molar-refractivity contribution in [2.24, 2.45) is 7.05 Å². The molecule has 2 fully saturated rings. The van der Waals surface area contributed by atoms with Gasteiger partial charge in [0.25, 0.3) is 0 Å². The summed E-state index contributed by atoms with van der Waals surface area (Å²) in [7, 11) is 1.95. The summed E-state index contributed by atoms with van der Waals surface area (Å²) in [6.45, 7) is 5.32. The molecular weight excluding hydrogens is 388 g/mol. The van der Waals surface area contributed by atoms with Crippen molar-refractivity contribution in [2.45, 2.75) is 63.3 Å². The SMILES string of the molecule is Cc1c(C#N)c(NC(=O)CSc2nnc(C3CC3)n2C)n(C[C@H]2CCCO2)c1C. The van der Waals surface area contributed by atoms with Crippen molar-refractivity contribution < 1.29 is 9.53 Å². The summed E-state index contributed by atoms with van der Waals surface area (Å²) in [5, 5.41) is 21.8. The van der Waals surface area contributed by atoms with Crippen LogP contribution in [0.1, 0.15) is 54.2 Å². The van der Waals surface area contributed by atoms with Crippen molar-refractivity contribution in [1.82, 2.24) is 19.3 Å². The number of hydrogen-bond acceptors (Lipinski definition) is 6. The molecule has 2 aromatic rings. The van der Waals surface area contributed by atoms with E-state index in [1.807, 2.05) is 30.0 Å². The molecule has 9 heteroatoms. The number of amides is 1. The summed E-state index contributed by atoms with van der Waals surface area (Å²) in [5.41, 5.74) is 2.41. The van der Waals surface area contributed by atoms with Gasteiger partial charge in [0.1, 0.15) is 17.7 Å². The summed E-state index contributed by atoms with van der Waals surface area (Å²) >= 11 is 1.36. The monoisotopic (exact) mass is 414 g/mol. The Hall–Kier alpha value is -2.31. The van der Waals surface area contributed by atoms with E-state index in [0.717, 1.165) is 54.5 Å². The highest BCUT2D eigenvalue weighted by Gasteiger charge is 2.29. The quantitative estimate of drug-likeness (QED) is 0.700. The van der Waals surface area contributed by atoms with E-state index in [0.29, 0.717) is 23.8 Å². The first-order valence-corrected chi connectivity index (χ1v) is 11.0. The van der Waals surface area contributed by atoms with Crippen LogP contribution in [-0.4, -0.2) is 43.7 Å². The maximum Gasteiger partial charge on any atom is 0.235 e. The van der Waals surface area contributed by atoms with Crippen LogP contribution in [0.3, 0.4) is 0 Å². The Morgan fingerprint density at radius 2 is 2.14 bits per heavy atom. The molecule has 1 saturated heterocycles. The van der Waals surface area contributed by atoms with E-state index in [-0.39, 0.29) is 17.8 Å². The summed E-state index contributed by atoms with van der Waals surface area (Å²) < 4.78 is 9.75. The van der Waals surface area contributed by atoms with E-state index in [4.69, 9.17) is 4.74 Å². The lowest BCUT2D eigenvalue weighted by atomic mass is 10.2. The van der Waals surface area contributed by atoms with Crippen molar-refractivity contribution >= 4 is 23.5 Å². The van der Waals surface area contributed by atoms with Crippen LogP contribution in [-0.2, 0) is 23.1 Å². The fourth-order valence-corrected chi connectivity index (χ4v) is 4.52. The second-order valence-corrected chi connectivity index (χ2v) is 8.74. The summed E-state index contributed by atoms with van der Waals surface area (Å²) in [6, 6.07) is 2.25. The van der Waals surface area contributed by atoms with Gasteiger partial charge in [-0.1, -0.05) is 11.8 Å². The molecule has 0 radical (unpaired) electrons. The second kappa shape index (κ2) is 8.20. The molecule has 2 aromatic heterocycles. The third-order valence-electron chi connectivity index (χ3n) is 5.75. The summed E-state index contributed by atoms with van der Waals surface area (Å²) in [5.74, 6) is 2.14. The predicted molar refractivity (Wildman–Crippen MR) is 110 cm³/mol. The van der Waals surface area contributed by atoms with E-state index >= 15 is 0 Å². The van der Waals surface area contributed by atoms with Gasteiger partial charge in [0, 0.05) is 25.3 Å². The molecule has 3 heterocycles. The Balaban J connectivity index is 1.46. The molecule has 1 aliphatic heterocycles. The molecule has 29 heavy (non-hydrogen) atoms. The number of aromatic nitrogens is 4. The lowest BCUT2D eigenvalue weighted by Crippen LogP contribution is -2.22. The van der Waals surface area contributed by atoms with Crippen molar-refractivity contribution in [2.75, 3.05) is 17.7 Å². The minimum absolute atomic E-state index is 0.122. The summed E-state index contributed by atoms with van der Waals surface area (Å²) in [4.78, 5) is 12.7. The number of hydrogen-bond donors (Lipinski definition) is 1. The highest BCUT2D eigenvalue weighted by molar-refractivity contribution is 7.99. The Labute approximate surface area is 174 Å². The van der Waals surface area contributed by atoms with Crippen molar-refractivity contribution in [3.8, 4) is 6.07 Å². The lowest BCUT2D eigenvalue weighted by molar-refractivity contribution is -0.113. The van der Waals surface area contributed by atoms with Gasteiger partial charge < -0.3 is 19.2 Å². The summed E-state index contributed by atoms with van der Waals surface area (Å²) in [6.07, 6.45) is 4.49. The predicted octanol–water partition coefficient (Wildman–Crippen LogP) is 2.89. The number of ether oxygens (including phenoxy) is 1. The lowest BCUT2D eigenvalue weighted by Gasteiger charge is -2.16. The average Bonchev–Trinajstić information content (AvgIpc) is 3.21. The van der Waals surface area contributed by atoms with Crippen molar-refractivity contribution in [3.63, 3.8) is 0 Å². The number of nitrogens with one attached hydrogen (secondary N) is 1.